The second-order valence-corrected chi connectivity index (χ2v) is 7.88. The van der Waals surface area contributed by atoms with Crippen molar-refractivity contribution >= 4 is 35.0 Å². The van der Waals surface area contributed by atoms with E-state index in [4.69, 9.17) is 22.2 Å². The Morgan fingerprint density at radius 2 is 1.96 bits per heavy atom. The van der Waals surface area contributed by atoms with Crippen molar-refractivity contribution < 1.29 is 9.53 Å². The molecule has 0 fully saturated rings. The number of benzene rings is 2. The van der Waals surface area contributed by atoms with Gasteiger partial charge < -0.3 is 15.9 Å². The molecule has 0 spiro atoms. The first-order valence-electron chi connectivity index (χ1n) is 8.47. The van der Waals surface area contributed by atoms with E-state index in [0.717, 1.165) is 11.1 Å². The number of nitrogens with one attached hydrogen (secondary N) is 1. The number of nitrogens with two attached hydrogens (primary N) is 1. The first-order valence-corrected chi connectivity index (χ1v) is 9.73. The molecule has 3 aromatic rings. The number of methoxy groups -OCH3 is 1. The number of aryl methyl sites for hydroxylation is 1. The zero-order valence-corrected chi connectivity index (χ0v) is 17.2. The Kier molecular flexibility index (Phi) is 6.11. The summed E-state index contributed by atoms with van der Waals surface area (Å²) in [7, 11) is 1.56. The highest BCUT2D eigenvalue weighted by molar-refractivity contribution is 8.00. The first-order chi connectivity index (χ1) is 13.4. The summed E-state index contributed by atoms with van der Waals surface area (Å²) >= 11 is 7.13. The van der Waals surface area contributed by atoms with Crippen molar-refractivity contribution in [2.75, 3.05) is 18.3 Å². The summed E-state index contributed by atoms with van der Waals surface area (Å²) in [4.78, 5) is 12.6. The number of carbonyl (C=O) groups excluding carboxylic acids is 1. The zero-order valence-electron chi connectivity index (χ0n) is 15.6. The zero-order chi connectivity index (χ0) is 20.3. The molecule has 9 heteroatoms. The lowest BCUT2D eigenvalue weighted by Gasteiger charge is -2.14. The van der Waals surface area contributed by atoms with Crippen LogP contribution in [-0.2, 0) is 4.79 Å². The van der Waals surface area contributed by atoms with E-state index in [2.05, 4.69) is 15.5 Å². The maximum Gasteiger partial charge on any atom is 0.237 e. The van der Waals surface area contributed by atoms with E-state index < -0.39 is 5.25 Å². The van der Waals surface area contributed by atoms with E-state index in [1.54, 1.807) is 26.2 Å². The minimum absolute atomic E-state index is 0.190. The number of aromatic nitrogens is 3. The summed E-state index contributed by atoms with van der Waals surface area (Å²) in [5.74, 6) is 7.03. The van der Waals surface area contributed by atoms with E-state index in [-0.39, 0.29) is 5.91 Å². The van der Waals surface area contributed by atoms with E-state index in [1.807, 2.05) is 37.3 Å². The summed E-state index contributed by atoms with van der Waals surface area (Å²) in [5.41, 5.74) is 2.43. The topological polar surface area (TPSA) is 95.1 Å². The van der Waals surface area contributed by atoms with Gasteiger partial charge in [-0.2, -0.15) is 0 Å². The number of amides is 1. The minimum atomic E-state index is -0.449. The maximum absolute atomic E-state index is 12.6. The van der Waals surface area contributed by atoms with E-state index in [0.29, 0.717) is 27.4 Å². The summed E-state index contributed by atoms with van der Waals surface area (Å²) in [6.07, 6.45) is 0. The van der Waals surface area contributed by atoms with Crippen molar-refractivity contribution in [3.63, 3.8) is 0 Å². The molecule has 0 radical (unpaired) electrons. The standard InChI is InChI=1S/C19H20ClN5O2S/c1-11-4-9-16(27-3)15(10-11)22-18(26)12(2)28-19-24-23-17(25(19)21)13-5-7-14(20)8-6-13/h4-10,12H,21H2,1-3H3,(H,22,26). The molecule has 1 unspecified atom stereocenters. The molecule has 0 aliphatic carbocycles. The van der Waals surface area contributed by atoms with Gasteiger partial charge in [0.1, 0.15) is 5.75 Å². The van der Waals surface area contributed by atoms with Crippen molar-refractivity contribution in [1.82, 2.24) is 14.9 Å². The first kappa shape index (κ1) is 20.0. The molecule has 3 rings (SSSR count). The van der Waals surface area contributed by atoms with Crippen molar-refractivity contribution in [3.05, 3.63) is 53.1 Å². The highest BCUT2D eigenvalue weighted by Gasteiger charge is 2.21. The van der Waals surface area contributed by atoms with Gasteiger partial charge in [0.25, 0.3) is 0 Å². The Balaban J connectivity index is 1.73. The van der Waals surface area contributed by atoms with Gasteiger partial charge in [-0.25, -0.2) is 4.68 Å². The molecule has 1 atom stereocenters. The molecule has 1 heterocycles. The molecule has 1 aromatic heterocycles. The van der Waals surface area contributed by atoms with Crippen LogP contribution in [0.3, 0.4) is 0 Å². The molecular formula is C19H20ClN5O2S. The van der Waals surface area contributed by atoms with Gasteiger partial charge in [-0.3, -0.25) is 4.79 Å². The number of nitrogens with zero attached hydrogens (tertiary/aromatic N) is 3. The van der Waals surface area contributed by atoms with Crippen LogP contribution in [0.4, 0.5) is 5.69 Å². The highest BCUT2D eigenvalue weighted by atomic mass is 35.5. The average molecular weight is 418 g/mol. The SMILES string of the molecule is COc1ccc(C)cc1NC(=O)C(C)Sc1nnc(-c2ccc(Cl)cc2)n1N. The number of halogens is 1. The van der Waals surface area contributed by atoms with E-state index >= 15 is 0 Å². The van der Waals surface area contributed by atoms with Gasteiger partial charge in [0.15, 0.2) is 5.82 Å². The van der Waals surface area contributed by atoms with Gasteiger partial charge in [0.05, 0.1) is 18.0 Å². The molecule has 28 heavy (non-hydrogen) atoms. The summed E-state index contributed by atoms with van der Waals surface area (Å²) in [6.45, 7) is 3.72. The van der Waals surface area contributed by atoms with E-state index in [9.17, 15) is 4.79 Å². The van der Waals surface area contributed by atoms with Gasteiger partial charge in [-0.15, -0.1) is 10.2 Å². The van der Waals surface area contributed by atoms with Crippen LogP contribution in [0.15, 0.2) is 47.6 Å². The van der Waals surface area contributed by atoms with Gasteiger partial charge >= 0.3 is 0 Å². The van der Waals surface area contributed by atoms with E-state index in [1.165, 1.54) is 16.4 Å². The molecule has 1 amide bonds. The van der Waals surface area contributed by atoms with Gasteiger partial charge in [0, 0.05) is 10.6 Å². The molecule has 0 bridgehead atoms. The molecule has 7 nitrogen and oxygen atoms in total. The molecule has 0 saturated carbocycles. The Morgan fingerprint density at radius 3 is 2.64 bits per heavy atom. The third-order valence-electron chi connectivity index (χ3n) is 4.03. The van der Waals surface area contributed by atoms with Crippen LogP contribution in [-0.4, -0.2) is 33.1 Å². The van der Waals surface area contributed by atoms with Crippen molar-refractivity contribution in [1.29, 1.82) is 0 Å². The van der Waals surface area contributed by atoms with Gasteiger partial charge in [-0.1, -0.05) is 29.4 Å². The minimum Gasteiger partial charge on any atom is -0.495 e. The van der Waals surface area contributed by atoms with Crippen LogP contribution in [0.5, 0.6) is 5.75 Å². The second kappa shape index (κ2) is 8.53. The lowest BCUT2D eigenvalue weighted by Crippen LogP contribution is -2.24. The monoisotopic (exact) mass is 417 g/mol. The number of thioether (sulfide) groups is 1. The highest BCUT2D eigenvalue weighted by Crippen LogP contribution is 2.29. The molecule has 3 N–H and O–H groups in total. The Labute approximate surface area is 172 Å². The van der Waals surface area contributed by atoms with Crippen molar-refractivity contribution in [3.8, 4) is 17.1 Å². The van der Waals surface area contributed by atoms with Crippen LogP contribution < -0.4 is 15.9 Å². The lowest BCUT2D eigenvalue weighted by molar-refractivity contribution is -0.115. The Morgan fingerprint density at radius 1 is 1.25 bits per heavy atom. The number of ether oxygens (including phenoxy) is 1. The molecule has 146 valence electrons. The van der Waals surface area contributed by atoms with Crippen molar-refractivity contribution in [2.24, 2.45) is 0 Å². The number of hydrogen-bond acceptors (Lipinski definition) is 6. The summed E-state index contributed by atoms with van der Waals surface area (Å²) in [5, 5.41) is 11.7. The largest absolute Gasteiger partial charge is 0.495 e. The normalized spacial score (nSPS) is 11.9. The molecule has 0 aliphatic rings. The molecule has 0 aliphatic heterocycles. The fourth-order valence-corrected chi connectivity index (χ4v) is 3.41. The number of nitrogen functional groups attached to an aromatic ring is 1. The molecule has 0 saturated heterocycles. The lowest BCUT2D eigenvalue weighted by atomic mass is 10.2. The van der Waals surface area contributed by atoms with Crippen LogP contribution in [0.1, 0.15) is 12.5 Å². The van der Waals surface area contributed by atoms with Crippen LogP contribution in [0.25, 0.3) is 11.4 Å². The Hall–Kier alpha value is -2.71. The molecule has 2 aromatic carbocycles. The van der Waals surface area contributed by atoms with Crippen LogP contribution in [0.2, 0.25) is 5.02 Å². The van der Waals surface area contributed by atoms with Gasteiger partial charge in [-0.05, 0) is 55.8 Å². The Bertz CT molecular complexity index is 990. The quantitative estimate of drug-likeness (QED) is 0.468. The average Bonchev–Trinajstić information content (AvgIpc) is 3.03. The predicted molar refractivity (Wildman–Crippen MR) is 112 cm³/mol. The van der Waals surface area contributed by atoms with Crippen molar-refractivity contribution in [2.45, 2.75) is 24.3 Å². The summed E-state index contributed by atoms with van der Waals surface area (Å²) < 4.78 is 6.67. The van der Waals surface area contributed by atoms with Gasteiger partial charge in [0.2, 0.25) is 11.1 Å². The fraction of sp³-hybridized carbons (Fsp3) is 0.211. The smallest absolute Gasteiger partial charge is 0.237 e. The third-order valence-corrected chi connectivity index (χ3v) is 5.34. The third kappa shape index (κ3) is 4.40. The fourth-order valence-electron chi connectivity index (χ4n) is 2.52. The number of carbonyl (C=O) groups is 1. The predicted octanol–water partition coefficient (Wildman–Crippen LogP) is 3.75. The second-order valence-electron chi connectivity index (χ2n) is 6.14. The van der Waals surface area contributed by atoms with Crippen LogP contribution in [0, 0.1) is 6.92 Å². The summed E-state index contributed by atoms with van der Waals surface area (Å²) in [6, 6.07) is 12.7. The van der Waals surface area contributed by atoms with Crippen LogP contribution >= 0.6 is 23.4 Å². The number of anilines is 1. The molecular weight excluding hydrogens is 398 g/mol. The number of rotatable bonds is 6. The number of hydrogen-bond donors (Lipinski definition) is 2. The maximum atomic E-state index is 12.6.